The van der Waals surface area contributed by atoms with Crippen molar-refractivity contribution in [3.8, 4) is 0 Å². The molecular formula is C15H20N2O4. The number of amides is 2. The van der Waals surface area contributed by atoms with E-state index >= 15 is 0 Å². The number of carbonyl (C=O) groups excluding carboxylic acids is 1. The number of carboxylic acids is 1. The smallest absolute Gasteiger partial charge is 0.337 e. The number of carboxylic acid groups (broad SMARTS) is 1. The zero-order chi connectivity index (χ0) is 15.2. The molecule has 2 amide bonds. The van der Waals surface area contributed by atoms with E-state index in [9.17, 15) is 9.59 Å². The third-order valence-electron chi connectivity index (χ3n) is 3.42. The fraction of sp³-hybridized carbons (Fsp3) is 0.467. The molecular weight excluding hydrogens is 272 g/mol. The molecule has 1 atom stereocenters. The monoisotopic (exact) mass is 292 g/mol. The number of hydrogen-bond acceptors (Lipinski definition) is 3. The first-order valence-corrected chi connectivity index (χ1v) is 7.06. The Balaban J connectivity index is 1.91. The highest BCUT2D eigenvalue weighted by Crippen LogP contribution is 2.17. The molecule has 1 heterocycles. The van der Waals surface area contributed by atoms with Crippen LogP contribution in [0.1, 0.15) is 35.2 Å². The number of anilines is 1. The Morgan fingerprint density at radius 1 is 1.38 bits per heavy atom. The van der Waals surface area contributed by atoms with Crippen molar-refractivity contribution in [3.63, 3.8) is 0 Å². The highest BCUT2D eigenvalue weighted by molar-refractivity contribution is 6.00. The van der Waals surface area contributed by atoms with Crippen LogP contribution < -0.4 is 10.6 Å². The van der Waals surface area contributed by atoms with Crippen molar-refractivity contribution in [3.05, 3.63) is 29.3 Å². The summed E-state index contributed by atoms with van der Waals surface area (Å²) in [5, 5.41) is 14.4. The van der Waals surface area contributed by atoms with Crippen molar-refractivity contribution in [1.29, 1.82) is 0 Å². The van der Waals surface area contributed by atoms with Crippen LogP contribution in [-0.2, 0) is 4.74 Å². The molecule has 0 saturated carbocycles. The molecule has 1 aromatic carbocycles. The van der Waals surface area contributed by atoms with Crippen LogP contribution in [0.25, 0.3) is 0 Å². The first-order valence-electron chi connectivity index (χ1n) is 7.06. The molecule has 0 aromatic heterocycles. The fourth-order valence-electron chi connectivity index (χ4n) is 2.29. The van der Waals surface area contributed by atoms with Gasteiger partial charge in [0, 0.05) is 13.2 Å². The summed E-state index contributed by atoms with van der Waals surface area (Å²) in [6, 6.07) is 4.46. The summed E-state index contributed by atoms with van der Waals surface area (Å²) in [6.07, 6.45) is 3.15. The molecule has 1 saturated heterocycles. The Morgan fingerprint density at radius 2 is 2.19 bits per heavy atom. The second-order valence-corrected chi connectivity index (χ2v) is 5.18. The van der Waals surface area contributed by atoms with Crippen molar-refractivity contribution in [2.45, 2.75) is 32.3 Å². The van der Waals surface area contributed by atoms with E-state index in [1.165, 1.54) is 6.07 Å². The maximum atomic E-state index is 11.8. The summed E-state index contributed by atoms with van der Waals surface area (Å²) in [7, 11) is 0. The van der Waals surface area contributed by atoms with Crippen molar-refractivity contribution >= 4 is 17.7 Å². The first kappa shape index (κ1) is 15.3. The van der Waals surface area contributed by atoms with Crippen molar-refractivity contribution < 1.29 is 19.4 Å². The third-order valence-corrected chi connectivity index (χ3v) is 3.42. The number of aromatic carboxylic acids is 1. The van der Waals surface area contributed by atoms with Crippen molar-refractivity contribution in [2.24, 2.45) is 0 Å². The maximum absolute atomic E-state index is 11.8. The summed E-state index contributed by atoms with van der Waals surface area (Å²) < 4.78 is 5.52. The Labute approximate surface area is 123 Å². The maximum Gasteiger partial charge on any atom is 0.337 e. The predicted molar refractivity (Wildman–Crippen MR) is 78.8 cm³/mol. The van der Waals surface area contributed by atoms with Gasteiger partial charge in [0.2, 0.25) is 0 Å². The summed E-state index contributed by atoms with van der Waals surface area (Å²) in [4.78, 5) is 23.0. The van der Waals surface area contributed by atoms with E-state index in [-0.39, 0.29) is 17.4 Å². The molecule has 1 aliphatic heterocycles. The Kier molecular flexibility index (Phi) is 5.16. The molecule has 6 heteroatoms. The van der Waals surface area contributed by atoms with E-state index in [2.05, 4.69) is 10.6 Å². The van der Waals surface area contributed by atoms with Crippen molar-refractivity contribution in [1.82, 2.24) is 5.32 Å². The van der Waals surface area contributed by atoms with E-state index in [1.54, 1.807) is 19.1 Å². The molecule has 1 fully saturated rings. The number of ether oxygens (including phenoxy) is 1. The molecule has 0 aliphatic carbocycles. The topological polar surface area (TPSA) is 87.7 Å². The van der Waals surface area contributed by atoms with E-state index < -0.39 is 12.0 Å². The number of urea groups is 1. The Bertz CT molecular complexity index is 524. The predicted octanol–water partition coefficient (Wildman–Crippen LogP) is 2.38. The minimum atomic E-state index is -1.07. The lowest BCUT2D eigenvalue weighted by molar-refractivity contribution is 0.0187. The van der Waals surface area contributed by atoms with Gasteiger partial charge in [-0.15, -0.1) is 0 Å². The summed E-state index contributed by atoms with van der Waals surface area (Å²) >= 11 is 0. The molecule has 3 N–H and O–H groups in total. The molecule has 114 valence electrons. The van der Waals surface area contributed by atoms with Crippen LogP contribution >= 0.6 is 0 Å². The average Bonchev–Trinajstić information content (AvgIpc) is 2.48. The number of nitrogens with one attached hydrogen (secondary N) is 2. The second kappa shape index (κ2) is 7.08. The SMILES string of the molecule is Cc1ccc(NC(=O)NCC2CCCCO2)c(C(=O)O)c1. The zero-order valence-corrected chi connectivity index (χ0v) is 12.0. The zero-order valence-electron chi connectivity index (χ0n) is 12.0. The fourth-order valence-corrected chi connectivity index (χ4v) is 2.29. The van der Waals surface area contributed by atoms with Gasteiger partial charge in [-0.05, 0) is 38.3 Å². The average molecular weight is 292 g/mol. The highest BCUT2D eigenvalue weighted by Gasteiger charge is 2.16. The molecule has 21 heavy (non-hydrogen) atoms. The van der Waals surface area contributed by atoms with Crippen molar-refractivity contribution in [2.75, 3.05) is 18.5 Å². The third kappa shape index (κ3) is 4.46. The van der Waals surface area contributed by atoms with Crippen LogP contribution in [0.3, 0.4) is 0 Å². The lowest BCUT2D eigenvalue weighted by atomic mass is 10.1. The van der Waals surface area contributed by atoms with Gasteiger partial charge < -0.3 is 20.5 Å². The van der Waals surface area contributed by atoms with E-state index in [0.29, 0.717) is 6.54 Å². The van der Waals surface area contributed by atoms with Crippen LogP contribution in [0.15, 0.2) is 18.2 Å². The van der Waals surface area contributed by atoms with Crippen LogP contribution in [0, 0.1) is 6.92 Å². The standard InChI is InChI=1S/C15H20N2O4/c1-10-5-6-13(12(8-10)14(18)19)17-15(20)16-9-11-4-2-3-7-21-11/h5-6,8,11H,2-4,7,9H2,1H3,(H,18,19)(H2,16,17,20). The molecule has 0 radical (unpaired) electrons. The Morgan fingerprint density at radius 3 is 2.86 bits per heavy atom. The molecule has 1 aliphatic rings. The van der Waals surface area contributed by atoms with Gasteiger partial charge in [-0.2, -0.15) is 0 Å². The number of carbonyl (C=O) groups is 2. The van der Waals surface area contributed by atoms with Crippen LogP contribution in [0.4, 0.5) is 10.5 Å². The van der Waals surface area contributed by atoms with Crippen LogP contribution in [-0.4, -0.2) is 36.4 Å². The summed E-state index contributed by atoms with van der Waals surface area (Å²) in [6.45, 7) is 2.96. The molecule has 2 rings (SSSR count). The quantitative estimate of drug-likeness (QED) is 0.795. The number of rotatable bonds is 4. The second-order valence-electron chi connectivity index (χ2n) is 5.18. The first-order chi connectivity index (χ1) is 10.1. The molecule has 6 nitrogen and oxygen atoms in total. The normalized spacial score (nSPS) is 18.0. The molecule has 0 spiro atoms. The lowest BCUT2D eigenvalue weighted by Crippen LogP contribution is -2.38. The number of aryl methyl sites for hydroxylation is 1. The lowest BCUT2D eigenvalue weighted by Gasteiger charge is -2.22. The van der Waals surface area contributed by atoms with Gasteiger partial charge in [-0.25, -0.2) is 9.59 Å². The molecule has 1 aromatic rings. The van der Waals surface area contributed by atoms with Gasteiger partial charge in [0.1, 0.15) is 0 Å². The van der Waals surface area contributed by atoms with E-state index in [0.717, 1.165) is 31.4 Å². The number of hydrogen-bond donors (Lipinski definition) is 3. The molecule has 1 unspecified atom stereocenters. The van der Waals surface area contributed by atoms with Gasteiger partial charge in [0.05, 0.1) is 17.4 Å². The van der Waals surface area contributed by atoms with Gasteiger partial charge in [0.15, 0.2) is 0 Å². The minimum absolute atomic E-state index is 0.0430. The highest BCUT2D eigenvalue weighted by atomic mass is 16.5. The van der Waals surface area contributed by atoms with E-state index in [1.807, 2.05) is 0 Å². The van der Waals surface area contributed by atoms with Gasteiger partial charge in [-0.1, -0.05) is 11.6 Å². The summed E-state index contributed by atoms with van der Waals surface area (Å²) in [5.41, 5.74) is 1.20. The largest absolute Gasteiger partial charge is 0.478 e. The van der Waals surface area contributed by atoms with Gasteiger partial charge >= 0.3 is 12.0 Å². The van der Waals surface area contributed by atoms with Crippen LogP contribution in [0.2, 0.25) is 0 Å². The van der Waals surface area contributed by atoms with Gasteiger partial charge in [0.25, 0.3) is 0 Å². The van der Waals surface area contributed by atoms with E-state index in [4.69, 9.17) is 9.84 Å². The van der Waals surface area contributed by atoms with Crippen LogP contribution in [0.5, 0.6) is 0 Å². The summed E-state index contributed by atoms with van der Waals surface area (Å²) in [5.74, 6) is -1.07. The molecule has 0 bridgehead atoms. The van der Waals surface area contributed by atoms with Gasteiger partial charge in [-0.3, -0.25) is 0 Å². The number of benzene rings is 1. The Hall–Kier alpha value is -2.08. The minimum Gasteiger partial charge on any atom is -0.478 e.